The molecule has 1 aromatic carbocycles. The quantitative estimate of drug-likeness (QED) is 0.766. The first kappa shape index (κ1) is 12.7. The SMILES string of the molecule is Cc1ccc(Cl)cc1C(N)C1=CCCCCC1. The maximum atomic E-state index is 6.38. The third-order valence-corrected chi connectivity index (χ3v) is 3.79. The van der Waals surface area contributed by atoms with Crippen LogP contribution in [0.15, 0.2) is 29.8 Å². The maximum Gasteiger partial charge on any atom is 0.0514 e. The summed E-state index contributed by atoms with van der Waals surface area (Å²) in [5, 5.41) is 0.773. The van der Waals surface area contributed by atoms with Gasteiger partial charge in [-0.2, -0.15) is 0 Å². The van der Waals surface area contributed by atoms with Crippen molar-refractivity contribution in [2.24, 2.45) is 5.73 Å². The summed E-state index contributed by atoms with van der Waals surface area (Å²) in [7, 11) is 0. The van der Waals surface area contributed by atoms with E-state index in [1.54, 1.807) is 0 Å². The first-order valence-electron chi connectivity index (χ1n) is 6.39. The molecule has 0 radical (unpaired) electrons. The molecule has 17 heavy (non-hydrogen) atoms. The van der Waals surface area contributed by atoms with Gasteiger partial charge in [0.1, 0.15) is 0 Å². The van der Waals surface area contributed by atoms with E-state index in [0.717, 1.165) is 11.4 Å². The number of nitrogens with two attached hydrogens (primary N) is 1. The second-order valence-electron chi connectivity index (χ2n) is 4.86. The molecule has 0 heterocycles. The fourth-order valence-corrected chi connectivity index (χ4v) is 2.65. The van der Waals surface area contributed by atoms with Gasteiger partial charge in [-0.25, -0.2) is 0 Å². The zero-order valence-electron chi connectivity index (χ0n) is 10.4. The molecule has 0 spiro atoms. The first-order valence-corrected chi connectivity index (χ1v) is 6.77. The number of allylic oxidation sites excluding steroid dienone is 1. The van der Waals surface area contributed by atoms with Gasteiger partial charge in [-0.1, -0.05) is 35.7 Å². The van der Waals surface area contributed by atoms with Crippen LogP contribution in [0.4, 0.5) is 0 Å². The van der Waals surface area contributed by atoms with Crippen LogP contribution in [-0.4, -0.2) is 0 Å². The van der Waals surface area contributed by atoms with E-state index in [9.17, 15) is 0 Å². The molecule has 0 fully saturated rings. The number of rotatable bonds is 2. The lowest BCUT2D eigenvalue weighted by Gasteiger charge is -2.18. The topological polar surface area (TPSA) is 26.0 Å². The number of halogens is 1. The van der Waals surface area contributed by atoms with E-state index in [-0.39, 0.29) is 6.04 Å². The Morgan fingerprint density at radius 2 is 2.06 bits per heavy atom. The number of benzene rings is 1. The Hall–Kier alpha value is -0.790. The lowest BCUT2D eigenvalue weighted by atomic mass is 9.93. The molecule has 2 N–H and O–H groups in total. The van der Waals surface area contributed by atoms with E-state index in [1.807, 2.05) is 12.1 Å². The number of hydrogen-bond donors (Lipinski definition) is 1. The van der Waals surface area contributed by atoms with Crippen molar-refractivity contribution in [1.29, 1.82) is 0 Å². The standard InChI is InChI=1S/C15H20ClN/c1-11-8-9-13(16)10-14(11)15(17)12-6-4-2-3-5-7-12/h6,8-10,15H,2-5,7,17H2,1H3. The van der Waals surface area contributed by atoms with Gasteiger partial charge in [-0.15, -0.1) is 0 Å². The van der Waals surface area contributed by atoms with E-state index in [2.05, 4.69) is 19.1 Å². The minimum absolute atomic E-state index is 0.0202. The highest BCUT2D eigenvalue weighted by Crippen LogP contribution is 2.30. The molecule has 0 bridgehead atoms. The van der Waals surface area contributed by atoms with Gasteiger partial charge < -0.3 is 5.73 Å². The molecule has 1 aliphatic carbocycles. The fraction of sp³-hybridized carbons (Fsp3) is 0.467. The molecule has 1 aromatic rings. The van der Waals surface area contributed by atoms with Crippen LogP contribution in [0, 0.1) is 6.92 Å². The normalized spacial score (nSPS) is 18.4. The minimum atomic E-state index is 0.0202. The number of aryl methyl sites for hydroxylation is 1. The lowest BCUT2D eigenvalue weighted by Crippen LogP contribution is -2.14. The van der Waals surface area contributed by atoms with E-state index < -0.39 is 0 Å². The summed E-state index contributed by atoms with van der Waals surface area (Å²) in [4.78, 5) is 0. The van der Waals surface area contributed by atoms with Crippen molar-refractivity contribution in [1.82, 2.24) is 0 Å². The molecule has 1 aliphatic rings. The summed E-state index contributed by atoms with van der Waals surface area (Å²) in [6, 6.07) is 6.00. The smallest absolute Gasteiger partial charge is 0.0514 e. The van der Waals surface area contributed by atoms with Gasteiger partial charge in [0, 0.05) is 5.02 Å². The van der Waals surface area contributed by atoms with Crippen molar-refractivity contribution in [3.63, 3.8) is 0 Å². The third-order valence-electron chi connectivity index (χ3n) is 3.55. The van der Waals surface area contributed by atoms with E-state index in [0.29, 0.717) is 0 Å². The molecule has 2 heteroatoms. The van der Waals surface area contributed by atoms with Gasteiger partial charge in [0.05, 0.1) is 6.04 Å². The molecular formula is C15H20ClN. The van der Waals surface area contributed by atoms with Crippen LogP contribution in [0.2, 0.25) is 5.02 Å². The van der Waals surface area contributed by atoms with Crippen molar-refractivity contribution < 1.29 is 0 Å². The molecular weight excluding hydrogens is 230 g/mol. The first-order chi connectivity index (χ1) is 8.18. The van der Waals surface area contributed by atoms with Crippen LogP contribution >= 0.6 is 11.6 Å². The van der Waals surface area contributed by atoms with Crippen LogP contribution in [0.1, 0.15) is 49.3 Å². The summed E-state index contributed by atoms with van der Waals surface area (Å²) in [5.41, 5.74) is 10.2. The van der Waals surface area contributed by atoms with Crippen LogP contribution < -0.4 is 5.73 Å². The molecule has 2 rings (SSSR count). The monoisotopic (exact) mass is 249 g/mol. The van der Waals surface area contributed by atoms with E-state index in [1.165, 1.54) is 42.4 Å². The van der Waals surface area contributed by atoms with Crippen molar-refractivity contribution in [3.8, 4) is 0 Å². The second kappa shape index (κ2) is 5.70. The highest BCUT2D eigenvalue weighted by Gasteiger charge is 2.15. The molecule has 0 aromatic heterocycles. The second-order valence-corrected chi connectivity index (χ2v) is 5.29. The maximum absolute atomic E-state index is 6.38. The van der Waals surface area contributed by atoms with Crippen LogP contribution in [0.3, 0.4) is 0 Å². The molecule has 0 saturated heterocycles. The lowest BCUT2D eigenvalue weighted by molar-refractivity contribution is 0.687. The summed E-state index contributed by atoms with van der Waals surface area (Å²) in [6.45, 7) is 2.10. The molecule has 0 saturated carbocycles. The highest BCUT2D eigenvalue weighted by atomic mass is 35.5. The van der Waals surface area contributed by atoms with Gasteiger partial charge in [-0.3, -0.25) is 0 Å². The van der Waals surface area contributed by atoms with Crippen molar-refractivity contribution in [2.75, 3.05) is 0 Å². The van der Waals surface area contributed by atoms with Gasteiger partial charge >= 0.3 is 0 Å². The average Bonchev–Trinajstić information content (AvgIpc) is 2.60. The molecule has 0 aliphatic heterocycles. The Morgan fingerprint density at radius 3 is 2.88 bits per heavy atom. The molecule has 1 nitrogen and oxygen atoms in total. The van der Waals surface area contributed by atoms with Crippen molar-refractivity contribution in [3.05, 3.63) is 46.0 Å². The predicted octanol–water partition coefficient (Wildman–Crippen LogP) is 4.54. The zero-order chi connectivity index (χ0) is 12.3. The Labute approximate surface area is 109 Å². The molecule has 1 atom stereocenters. The van der Waals surface area contributed by atoms with Gasteiger partial charge in [0.2, 0.25) is 0 Å². The summed E-state index contributed by atoms with van der Waals surface area (Å²) >= 11 is 6.06. The average molecular weight is 250 g/mol. The van der Waals surface area contributed by atoms with Gasteiger partial charge in [-0.05, 0) is 55.9 Å². The van der Waals surface area contributed by atoms with Crippen LogP contribution in [0.25, 0.3) is 0 Å². The fourth-order valence-electron chi connectivity index (χ4n) is 2.47. The summed E-state index contributed by atoms with van der Waals surface area (Å²) in [5.74, 6) is 0. The zero-order valence-corrected chi connectivity index (χ0v) is 11.1. The Bertz CT molecular complexity index is 423. The van der Waals surface area contributed by atoms with Gasteiger partial charge in [0.25, 0.3) is 0 Å². The van der Waals surface area contributed by atoms with E-state index in [4.69, 9.17) is 17.3 Å². The molecule has 0 amide bonds. The third kappa shape index (κ3) is 3.11. The Balaban J connectivity index is 2.26. The largest absolute Gasteiger partial charge is 0.321 e. The molecule has 92 valence electrons. The van der Waals surface area contributed by atoms with Gasteiger partial charge in [0.15, 0.2) is 0 Å². The molecule has 1 unspecified atom stereocenters. The van der Waals surface area contributed by atoms with Crippen LogP contribution in [0.5, 0.6) is 0 Å². The Morgan fingerprint density at radius 1 is 1.24 bits per heavy atom. The van der Waals surface area contributed by atoms with Crippen molar-refractivity contribution in [2.45, 2.75) is 45.1 Å². The van der Waals surface area contributed by atoms with Crippen LogP contribution in [-0.2, 0) is 0 Å². The summed E-state index contributed by atoms with van der Waals surface area (Å²) < 4.78 is 0. The highest BCUT2D eigenvalue weighted by molar-refractivity contribution is 6.30. The number of hydrogen-bond acceptors (Lipinski definition) is 1. The summed E-state index contributed by atoms with van der Waals surface area (Å²) in [6.07, 6.45) is 8.51. The predicted molar refractivity (Wildman–Crippen MR) is 74.3 cm³/mol. The Kier molecular flexibility index (Phi) is 4.25. The van der Waals surface area contributed by atoms with E-state index >= 15 is 0 Å². The minimum Gasteiger partial charge on any atom is -0.321 e. The van der Waals surface area contributed by atoms with Crippen molar-refractivity contribution >= 4 is 11.6 Å².